The van der Waals surface area contributed by atoms with Crippen LogP contribution in [0.5, 0.6) is 0 Å². The maximum Gasteiger partial charge on any atom is 0.198 e. The van der Waals surface area contributed by atoms with E-state index in [1.165, 1.54) is 36.6 Å². The number of aryl methyl sites for hydroxylation is 1. The fourth-order valence-electron chi connectivity index (χ4n) is 4.78. The lowest BCUT2D eigenvalue weighted by Crippen LogP contribution is -2.48. The largest absolute Gasteiger partial charge is 0.399 e. The maximum absolute atomic E-state index is 15.4. The lowest BCUT2D eigenvalue weighted by molar-refractivity contribution is 0.209. The molecular formula is C27H28F2N6O2S. The predicted octanol–water partition coefficient (Wildman–Crippen LogP) is 4.18. The molecule has 38 heavy (non-hydrogen) atoms. The minimum absolute atomic E-state index is 0.268. The van der Waals surface area contributed by atoms with Crippen LogP contribution < -0.4 is 16.1 Å². The smallest absolute Gasteiger partial charge is 0.198 e. The molecule has 0 amide bonds. The molecule has 0 bridgehead atoms. The Labute approximate surface area is 222 Å². The molecule has 4 aromatic rings. The van der Waals surface area contributed by atoms with Crippen LogP contribution in [0, 0.1) is 11.6 Å². The summed E-state index contributed by atoms with van der Waals surface area (Å²) >= 11 is 1.26. The molecule has 198 valence electrons. The summed E-state index contributed by atoms with van der Waals surface area (Å²) in [6, 6.07) is 9.24. The number of halogens is 2. The van der Waals surface area contributed by atoms with Crippen molar-refractivity contribution in [3.8, 4) is 11.3 Å². The van der Waals surface area contributed by atoms with Gasteiger partial charge in [-0.25, -0.2) is 13.8 Å². The molecule has 3 heterocycles. The molecule has 0 unspecified atom stereocenters. The van der Waals surface area contributed by atoms with Crippen molar-refractivity contribution >= 4 is 38.8 Å². The SMILES string of the molecule is CCn1cc(-c2csc(N)n2)c(=O)c2cc(F)c(N3CCN(C/C(=N/OC)c4ccc(F)cc4)CC3)cc21. The number of benzene rings is 2. The summed E-state index contributed by atoms with van der Waals surface area (Å²) in [6.07, 6.45) is 1.77. The first kappa shape index (κ1) is 25.8. The van der Waals surface area contributed by atoms with Crippen molar-refractivity contribution in [2.45, 2.75) is 13.5 Å². The first-order chi connectivity index (χ1) is 18.4. The van der Waals surface area contributed by atoms with Gasteiger partial charge in [0.05, 0.1) is 22.5 Å². The zero-order chi connectivity index (χ0) is 26.8. The van der Waals surface area contributed by atoms with Crippen molar-refractivity contribution in [1.82, 2.24) is 14.5 Å². The number of oxime groups is 1. The summed E-state index contributed by atoms with van der Waals surface area (Å²) in [5, 5.41) is 6.57. The standard InChI is InChI=1S/C27H28F2N6O2S/c1-3-34-14-20(23-16-38-27(30)31-23)26(36)19-12-21(29)25(13-24(19)34)35-10-8-33(9-11-35)15-22(32-37-2)17-4-6-18(28)7-5-17/h4-7,12-14,16H,3,8-11,15H2,1-2H3,(H2,30,31)/b32-22-. The third-order valence-electron chi connectivity index (χ3n) is 6.75. The zero-order valence-electron chi connectivity index (χ0n) is 21.2. The lowest BCUT2D eigenvalue weighted by Gasteiger charge is -2.36. The van der Waals surface area contributed by atoms with Crippen LogP contribution in [-0.4, -0.2) is 60.0 Å². The number of anilines is 2. The second kappa shape index (κ2) is 10.9. The van der Waals surface area contributed by atoms with Crippen molar-refractivity contribution in [3.63, 3.8) is 0 Å². The van der Waals surface area contributed by atoms with Crippen molar-refractivity contribution in [2.75, 3.05) is 50.5 Å². The number of pyridine rings is 1. The van der Waals surface area contributed by atoms with Crippen molar-refractivity contribution in [1.29, 1.82) is 0 Å². The Morgan fingerprint density at radius 3 is 2.53 bits per heavy atom. The molecule has 0 spiro atoms. The average molecular weight is 539 g/mol. The van der Waals surface area contributed by atoms with E-state index in [2.05, 4.69) is 15.0 Å². The van der Waals surface area contributed by atoms with Gasteiger partial charge >= 0.3 is 0 Å². The van der Waals surface area contributed by atoms with E-state index >= 15 is 4.39 Å². The van der Waals surface area contributed by atoms with Crippen LogP contribution in [0.25, 0.3) is 22.2 Å². The van der Waals surface area contributed by atoms with Gasteiger partial charge in [-0.2, -0.15) is 0 Å². The first-order valence-corrected chi connectivity index (χ1v) is 13.2. The summed E-state index contributed by atoms with van der Waals surface area (Å²) in [5.41, 5.74) is 9.03. The summed E-state index contributed by atoms with van der Waals surface area (Å²) in [5.74, 6) is -0.748. The molecule has 8 nitrogen and oxygen atoms in total. The van der Waals surface area contributed by atoms with Crippen LogP contribution in [-0.2, 0) is 11.4 Å². The minimum Gasteiger partial charge on any atom is -0.399 e. The van der Waals surface area contributed by atoms with Gasteiger partial charge in [-0.1, -0.05) is 17.3 Å². The van der Waals surface area contributed by atoms with Crippen LogP contribution in [0.2, 0.25) is 0 Å². The highest BCUT2D eigenvalue weighted by molar-refractivity contribution is 7.13. The Bertz CT molecular complexity index is 1540. The third kappa shape index (κ3) is 5.11. The van der Waals surface area contributed by atoms with Crippen LogP contribution in [0.15, 0.2) is 57.9 Å². The van der Waals surface area contributed by atoms with Crippen molar-refractivity contribution < 1.29 is 13.6 Å². The predicted molar refractivity (Wildman–Crippen MR) is 148 cm³/mol. The number of piperazine rings is 1. The van der Waals surface area contributed by atoms with Gasteiger partial charge in [0.15, 0.2) is 10.6 Å². The van der Waals surface area contributed by atoms with Gasteiger partial charge in [0, 0.05) is 61.8 Å². The van der Waals surface area contributed by atoms with E-state index in [4.69, 9.17) is 10.6 Å². The van der Waals surface area contributed by atoms with Crippen LogP contribution in [0.1, 0.15) is 12.5 Å². The van der Waals surface area contributed by atoms with Crippen LogP contribution >= 0.6 is 11.3 Å². The van der Waals surface area contributed by atoms with Gasteiger partial charge in [-0.05, 0) is 31.2 Å². The van der Waals surface area contributed by atoms with E-state index in [-0.39, 0.29) is 11.2 Å². The fraction of sp³-hybridized carbons (Fsp3) is 0.296. The molecule has 0 atom stereocenters. The van der Waals surface area contributed by atoms with Gasteiger partial charge in [0.1, 0.15) is 24.5 Å². The number of hydrogen-bond donors (Lipinski definition) is 1. The van der Waals surface area contributed by atoms with E-state index in [9.17, 15) is 9.18 Å². The molecule has 1 aliphatic rings. The minimum atomic E-state index is -0.436. The first-order valence-electron chi connectivity index (χ1n) is 12.3. The molecule has 0 radical (unpaired) electrons. The van der Waals surface area contributed by atoms with Crippen molar-refractivity contribution in [2.24, 2.45) is 5.16 Å². The summed E-state index contributed by atoms with van der Waals surface area (Å²) in [4.78, 5) is 26.7. The van der Waals surface area contributed by atoms with Gasteiger partial charge in [0.2, 0.25) is 0 Å². The number of hydrogen-bond acceptors (Lipinski definition) is 8. The summed E-state index contributed by atoms with van der Waals surface area (Å²) in [7, 11) is 1.48. The molecule has 2 aromatic heterocycles. The topological polar surface area (TPSA) is 89.0 Å². The van der Waals surface area contributed by atoms with Gasteiger partial charge in [-0.15, -0.1) is 11.3 Å². The number of rotatable bonds is 7. The Hall–Kier alpha value is -3.83. The van der Waals surface area contributed by atoms with Crippen molar-refractivity contribution in [3.05, 3.63) is 75.4 Å². The van der Waals surface area contributed by atoms with Crippen LogP contribution in [0.4, 0.5) is 19.6 Å². The number of nitrogen functional groups attached to an aromatic ring is 1. The average Bonchev–Trinajstić information content (AvgIpc) is 3.35. The molecule has 11 heteroatoms. The highest BCUT2D eigenvalue weighted by atomic mass is 32.1. The van der Waals surface area contributed by atoms with Gasteiger partial charge < -0.3 is 20.0 Å². The quantitative estimate of drug-likeness (QED) is 0.281. The third-order valence-corrected chi connectivity index (χ3v) is 7.43. The molecule has 5 rings (SSSR count). The molecule has 0 saturated carbocycles. The van der Waals surface area contributed by atoms with Gasteiger partial charge in [0.25, 0.3) is 0 Å². The second-order valence-electron chi connectivity index (χ2n) is 9.04. The molecule has 1 aliphatic heterocycles. The Morgan fingerprint density at radius 1 is 1.16 bits per heavy atom. The number of nitrogens with two attached hydrogens (primary N) is 1. The highest BCUT2D eigenvalue weighted by Crippen LogP contribution is 2.29. The van der Waals surface area contributed by atoms with E-state index in [1.807, 2.05) is 16.4 Å². The second-order valence-corrected chi connectivity index (χ2v) is 9.93. The number of aromatic nitrogens is 2. The molecule has 2 N–H and O–H groups in total. The molecular weight excluding hydrogens is 510 g/mol. The molecule has 2 aromatic carbocycles. The Kier molecular flexibility index (Phi) is 7.39. The zero-order valence-corrected chi connectivity index (χ0v) is 22.0. The van der Waals surface area contributed by atoms with Gasteiger partial charge in [-0.3, -0.25) is 9.69 Å². The number of thiazole rings is 1. The lowest BCUT2D eigenvalue weighted by atomic mass is 10.1. The fourth-order valence-corrected chi connectivity index (χ4v) is 5.34. The van der Waals surface area contributed by atoms with E-state index in [0.29, 0.717) is 78.0 Å². The maximum atomic E-state index is 15.4. The summed E-state index contributed by atoms with van der Waals surface area (Å²) < 4.78 is 30.7. The van der Waals surface area contributed by atoms with E-state index in [0.717, 1.165) is 5.56 Å². The molecule has 0 aliphatic carbocycles. The molecule has 1 saturated heterocycles. The molecule has 1 fully saturated rings. The Balaban J connectivity index is 1.38. The van der Waals surface area contributed by atoms with E-state index < -0.39 is 5.82 Å². The highest BCUT2D eigenvalue weighted by Gasteiger charge is 2.23. The number of fused-ring (bicyclic) bond motifs is 1. The Morgan fingerprint density at radius 2 is 1.89 bits per heavy atom. The monoisotopic (exact) mass is 538 g/mol. The normalized spacial score (nSPS) is 14.8. The number of nitrogens with zero attached hydrogens (tertiary/aromatic N) is 5. The summed E-state index contributed by atoms with van der Waals surface area (Å²) in [6.45, 7) is 5.64. The van der Waals surface area contributed by atoms with Crippen LogP contribution in [0.3, 0.4) is 0 Å². The van der Waals surface area contributed by atoms with E-state index in [1.54, 1.807) is 29.8 Å².